The van der Waals surface area contributed by atoms with E-state index in [2.05, 4.69) is 10.2 Å². The van der Waals surface area contributed by atoms with Crippen molar-refractivity contribution >= 4 is 5.69 Å². The lowest BCUT2D eigenvalue weighted by atomic mass is 10.2. The van der Waals surface area contributed by atoms with E-state index in [1.165, 1.54) is 0 Å². The SMILES string of the molecule is CN(C)CCOCCNCc1ccccc1N. The van der Waals surface area contributed by atoms with Crippen LogP contribution in [-0.2, 0) is 11.3 Å². The van der Waals surface area contributed by atoms with Crippen LogP contribution in [-0.4, -0.2) is 45.3 Å². The molecule has 1 aromatic carbocycles. The van der Waals surface area contributed by atoms with E-state index in [9.17, 15) is 0 Å². The Labute approximate surface area is 104 Å². The molecule has 3 N–H and O–H groups in total. The van der Waals surface area contributed by atoms with Gasteiger partial charge in [-0.3, -0.25) is 0 Å². The highest BCUT2D eigenvalue weighted by molar-refractivity contribution is 5.46. The number of nitrogens with two attached hydrogens (primary N) is 1. The second kappa shape index (κ2) is 8.06. The van der Waals surface area contributed by atoms with Crippen molar-refractivity contribution in [2.75, 3.05) is 46.1 Å². The topological polar surface area (TPSA) is 50.5 Å². The number of hydrogen-bond donors (Lipinski definition) is 2. The first kappa shape index (κ1) is 14.0. The Morgan fingerprint density at radius 3 is 2.71 bits per heavy atom. The average molecular weight is 237 g/mol. The van der Waals surface area contributed by atoms with E-state index >= 15 is 0 Å². The van der Waals surface area contributed by atoms with Crippen LogP contribution in [0.3, 0.4) is 0 Å². The van der Waals surface area contributed by atoms with Gasteiger partial charge in [-0.25, -0.2) is 0 Å². The fourth-order valence-electron chi connectivity index (χ4n) is 1.41. The molecule has 96 valence electrons. The lowest BCUT2D eigenvalue weighted by Gasteiger charge is -2.10. The minimum Gasteiger partial charge on any atom is -0.398 e. The van der Waals surface area contributed by atoms with Gasteiger partial charge in [-0.1, -0.05) is 18.2 Å². The number of anilines is 1. The molecule has 0 bridgehead atoms. The predicted octanol–water partition coefficient (Wildman–Crippen LogP) is 0.937. The van der Waals surface area contributed by atoms with Crippen LogP contribution >= 0.6 is 0 Å². The first-order chi connectivity index (χ1) is 8.20. The number of nitrogen functional groups attached to an aromatic ring is 1. The Hall–Kier alpha value is -1.10. The highest BCUT2D eigenvalue weighted by Gasteiger charge is 1.96. The molecule has 4 nitrogen and oxygen atoms in total. The summed E-state index contributed by atoms with van der Waals surface area (Å²) < 4.78 is 5.48. The van der Waals surface area contributed by atoms with E-state index in [-0.39, 0.29) is 0 Å². The standard InChI is InChI=1S/C13H23N3O/c1-16(2)8-10-17-9-7-15-11-12-5-3-4-6-13(12)14/h3-6,15H,7-11,14H2,1-2H3. The monoisotopic (exact) mass is 237 g/mol. The highest BCUT2D eigenvalue weighted by Crippen LogP contribution is 2.09. The van der Waals surface area contributed by atoms with Gasteiger partial charge < -0.3 is 20.7 Å². The van der Waals surface area contributed by atoms with Gasteiger partial charge in [0.2, 0.25) is 0 Å². The minimum atomic E-state index is 0.737. The summed E-state index contributed by atoms with van der Waals surface area (Å²) in [5.74, 6) is 0. The van der Waals surface area contributed by atoms with Crippen LogP contribution in [0, 0.1) is 0 Å². The van der Waals surface area contributed by atoms with Crippen LogP contribution in [0.2, 0.25) is 0 Å². The zero-order valence-corrected chi connectivity index (χ0v) is 10.8. The van der Waals surface area contributed by atoms with Gasteiger partial charge in [0.05, 0.1) is 13.2 Å². The number of nitrogens with zero attached hydrogens (tertiary/aromatic N) is 1. The van der Waals surface area contributed by atoms with Crippen molar-refractivity contribution in [3.8, 4) is 0 Å². The van der Waals surface area contributed by atoms with E-state index in [1.807, 2.05) is 38.4 Å². The van der Waals surface area contributed by atoms with Crippen LogP contribution in [0.1, 0.15) is 5.56 Å². The van der Waals surface area contributed by atoms with Crippen LogP contribution in [0.25, 0.3) is 0 Å². The van der Waals surface area contributed by atoms with Crippen LogP contribution < -0.4 is 11.1 Å². The summed E-state index contributed by atoms with van der Waals surface area (Å²) >= 11 is 0. The lowest BCUT2D eigenvalue weighted by Crippen LogP contribution is -2.23. The largest absolute Gasteiger partial charge is 0.398 e. The number of rotatable bonds is 8. The van der Waals surface area contributed by atoms with Gasteiger partial charge in [-0.05, 0) is 25.7 Å². The third-order valence-corrected chi connectivity index (χ3v) is 2.48. The zero-order chi connectivity index (χ0) is 12.5. The van der Waals surface area contributed by atoms with Gasteiger partial charge in [0.15, 0.2) is 0 Å². The summed E-state index contributed by atoms with van der Waals surface area (Å²) in [6.07, 6.45) is 0. The molecule has 0 aliphatic rings. The number of ether oxygens (including phenoxy) is 1. The predicted molar refractivity (Wildman–Crippen MR) is 71.9 cm³/mol. The molecule has 1 aromatic rings. The molecule has 0 aliphatic carbocycles. The zero-order valence-electron chi connectivity index (χ0n) is 10.8. The molecule has 0 saturated carbocycles. The second-order valence-corrected chi connectivity index (χ2v) is 4.29. The molecule has 0 heterocycles. The van der Waals surface area contributed by atoms with E-state index in [0.717, 1.165) is 44.1 Å². The van der Waals surface area contributed by atoms with Gasteiger partial charge in [-0.2, -0.15) is 0 Å². The number of para-hydroxylation sites is 1. The molecular weight excluding hydrogens is 214 g/mol. The van der Waals surface area contributed by atoms with E-state index in [0.29, 0.717) is 0 Å². The third kappa shape index (κ3) is 6.26. The molecule has 0 aliphatic heterocycles. The van der Waals surface area contributed by atoms with Crippen molar-refractivity contribution in [3.05, 3.63) is 29.8 Å². The Balaban J connectivity index is 2.03. The number of hydrogen-bond acceptors (Lipinski definition) is 4. The summed E-state index contributed by atoms with van der Waals surface area (Å²) in [5.41, 5.74) is 7.82. The minimum absolute atomic E-state index is 0.737. The number of likely N-dealkylation sites (N-methyl/N-ethyl adjacent to an activating group) is 1. The molecular formula is C13H23N3O. The third-order valence-electron chi connectivity index (χ3n) is 2.48. The molecule has 17 heavy (non-hydrogen) atoms. The molecule has 0 aromatic heterocycles. The van der Waals surface area contributed by atoms with Gasteiger partial charge in [0.25, 0.3) is 0 Å². The average Bonchev–Trinajstić information content (AvgIpc) is 2.30. The number of benzene rings is 1. The molecule has 0 unspecified atom stereocenters. The van der Waals surface area contributed by atoms with Crippen molar-refractivity contribution in [1.82, 2.24) is 10.2 Å². The molecule has 0 amide bonds. The Bertz CT molecular complexity index is 315. The van der Waals surface area contributed by atoms with Crippen LogP contribution in [0.5, 0.6) is 0 Å². The molecule has 1 rings (SSSR count). The Morgan fingerprint density at radius 2 is 2.00 bits per heavy atom. The highest BCUT2D eigenvalue weighted by atomic mass is 16.5. The van der Waals surface area contributed by atoms with Gasteiger partial charge in [0, 0.05) is 25.3 Å². The molecule has 4 heteroatoms. The molecule has 0 fully saturated rings. The quantitative estimate of drug-likeness (QED) is 0.522. The van der Waals surface area contributed by atoms with Crippen molar-refractivity contribution in [1.29, 1.82) is 0 Å². The maximum Gasteiger partial charge on any atom is 0.0593 e. The number of nitrogens with one attached hydrogen (secondary N) is 1. The van der Waals surface area contributed by atoms with Crippen LogP contribution in [0.4, 0.5) is 5.69 Å². The van der Waals surface area contributed by atoms with Crippen molar-refractivity contribution in [2.24, 2.45) is 0 Å². The Kier molecular flexibility index (Phi) is 6.62. The fourth-order valence-corrected chi connectivity index (χ4v) is 1.41. The maximum atomic E-state index is 5.84. The molecule has 0 spiro atoms. The van der Waals surface area contributed by atoms with Crippen molar-refractivity contribution in [3.63, 3.8) is 0 Å². The fraction of sp³-hybridized carbons (Fsp3) is 0.538. The summed E-state index contributed by atoms with van der Waals surface area (Å²) in [5, 5.41) is 3.31. The smallest absolute Gasteiger partial charge is 0.0593 e. The van der Waals surface area contributed by atoms with Crippen molar-refractivity contribution < 1.29 is 4.74 Å². The summed E-state index contributed by atoms with van der Waals surface area (Å²) in [7, 11) is 4.08. The first-order valence-electron chi connectivity index (χ1n) is 5.96. The second-order valence-electron chi connectivity index (χ2n) is 4.29. The Morgan fingerprint density at radius 1 is 1.24 bits per heavy atom. The summed E-state index contributed by atoms with van der Waals surface area (Å²) in [6.45, 7) is 4.12. The summed E-state index contributed by atoms with van der Waals surface area (Å²) in [4.78, 5) is 2.11. The normalized spacial score (nSPS) is 11.0. The van der Waals surface area contributed by atoms with Crippen molar-refractivity contribution in [2.45, 2.75) is 6.54 Å². The van der Waals surface area contributed by atoms with E-state index in [4.69, 9.17) is 10.5 Å². The first-order valence-corrected chi connectivity index (χ1v) is 5.96. The molecule has 0 saturated heterocycles. The lowest BCUT2D eigenvalue weighted by molar-refractivity contribution is 0.119. The van der Waals surface area contributed by atoms with Gasteiger partial charge in [0.1, 0.15) is 0 Å². The van der Waals surface area contributed by atoms with Gasteiger partial charge >= 0.3 is 0 Å². The van der Waals surface area contributed by atoms with Crippen LogP contribution in [0.15, 0.2) is 24.3 Å². The molecule has 0 radical (unpaired) electrons. The van der Waals surface area contributed by atoms with E-state index in [1.54, 1.807) is 0 Å². The molecule has 0 atom stereocenters. The maximum absolute atomic E-state index is 5.84. The summed E-state index contributed by atoms with van der Waals surface area (Å²) in [6, 6.07) is 7.91. The van der Waals surface area contributed by atoms with Gasteiger partial charge in [-0.15, -0.1) is 0 Å². The van der Waals surface area contributed by atoms with E-state index < -0.39 is 0 Å².